The number of hydrogen-bond donors (Lipinski definition) is 1. The Balaban J connectivity index is 1.82. The molecule has 1 aliphatic rings. The highest BCUT2D eigenvalue weighted by Gasteiger charge is 2.36. The summed E-state index contributed by atoms with van der Waals surface area (Å²) in [5.74, 6) is -0.843. The van der Waals surface area contributed by atoms with Gasteiger partial charge in [-0.05, 0) is 51.0 Å². The van der Waals surface area contributed by atoms with Gasteiger partial charge in [-0.3, -0.25) is 4.79 Å². The number of carbonyl (C=O) groups excluding carboxylic acids is 2. The van der Waals surface area contributed by atoms with Crippen LogP contribution in [0.2, 0.25) is 0 Å². The second kappa shape index (κ2) is 9.75. The minimum Gasteiger partial charge on any atom is -0.444 e. The van der Waals surface area contributed by atoms with Crippen molar-refractivity contribution in [3.63, 3.8) is 0 Å². The van der Waals surface area contributed by atoms with Crippen LogP contribution in [0, 0.1) is 0 Å². The van der Waals surface area contributed by atoms with E-state index in [0.29, 0.717) is 19.5 Å². The maximum absolute atomic E-state index is 13.2. The van der Waals surface area contributed by atoms with Crippen LogP contribution in [0.1, 0.15) is 54.6 Å². The fourth-order valence-electron chi connectivity index (χ4n) is 3.79. The van der Waals surface area contributed by atoms with Gasteiger partial charge in [0.1, 0.15) is 5.60 Å². The van der Waals surface area contributed by atoms with Crippen molar-refractivity contribution in [2.75, 3.05) is 13.1 Å². The standard InChI is InChI=1S/C24H26BrF3N2O3/c1-23(2,3)33-22(32)30-10-9-20(19(14-30)15-7-5-4-6-8-15)29-21(31)16-11-17(24(26,27)28)13-18(25)12-16/h4-8,11-13,19-20H,9-10,14H2,1-3H3,(H,29,31). The lowest BCUT2D eigenvalue weighted by Crippen LogP contribution is -2.52. The van der Waals surface area contributed by atoms with Gasteiger partial charge in [0.2, 0.25) is 0 Å². The van der Waals surface area contributed by atoms with Crippen LogP contribution in [0.3, 0.4) is 0 Å². The van der Waals surface area contributed by atoms with E-state index < -0.39 is 29.3 Å². The summed E-state index contributed by atoms with van der Waals surface area (Å²) in [6.07, 6.45) is -4.57. The van der Waals surface area contributed by atoms with Gasteiger partial charge < -0.3 is 15.0 Å². The maximum Gasteiger partial charge on any atom is 0.416 e. The van der Waals surface area contributed by atoms with Crippen molar-refractivity contribution in [2.45, 2.75) is 50.9 Å². The van der Waals surface area contributed by atoms with Gasteiger partial charge in [0.05, 0.1) is 5.56 Å². The van der Waals surface area contributed by atoms with Crippen LogP contribution in [0.25, 0.3) is 0 Å². The van der Waals surface area contributed by atoms with Gasteiger partial charge in [-0.15, -0.1) is 0 Å². The van der Waals surface area contributed by atoms with Gasteiger partial charge >= 0.3 is 12.3 Å². The average molecular weight is 527 g/mol. The van der Waals surface area contributed by atoms with Crippen LogP contribution < -0.4 is 5.32 Å². The molecule has 2 unspecified atom stereocenters. The Morgan fingerprint density at radius 3 is 2.36 bits per heavy atom. The average Bonchev–Trinajstić information content (AvgIpc) is 2.72. The fourth-order valence-corrected chi connectivity index (χ4v) is 4.28. The van der Waals surface area contributed by atoms with Crippen molar-refractivity contribution in [1.29, 1.82) is 0 Å². The predicted molar refractivity (Wildman–Crippen MR) is 122 cm³/mol. The van der Waals surface area contributed by atoms with E-state index in [2.05, 4.69) is 21.2 Å². The molecule has 33 heavy (non-hydrogen) atoms. The fraction of sp³-hybridized carbons (Fsp3) is 0.417. The first-order chi connectivity index (χ1) is 15.3. The minimum atomic E-state index is -4.57. The number of amides is 2. The highest BCUT2D eigenvalue weighted by atomic mass is 79.9. The molecule has 0 aromatic heterocycles. The zero-order chi connectivity index (χ0) is 24.4. The van der Waals surface area contributed by atoms with Crippen molar-refractivity contribution in [1.82, 2.24) is 10.2 Å². The number of hydrogen-bond acceptors (Lipinski definition) is 3. The Bertz CT molecular complexity index is 1010. The zero-order valence-corrected chi connectivity index (χ0v) is 20.2. The lowest BCUT2D eigenvalue weighted by atomic mass is 9.86. The second-order valence-corrected chi connectivity index (χ2v) is 9.95. The van der Waals surface area contributed by atoms with Crippen molar-refractivity contribution in [2.24, 2.45) is 0 Å². The Labute approximate surface area is 199 Å². The van der Waals surface area contributed by atoms with Crippen LogP contribution in [-0.4, -0.2) is 41.6 Å². The molecule has 1 fully saturated rings. The number of nitrogens with one attached hydrogen (secondary N) is 1. The summed E-state index contributed by atoms with van der Waals surface area (Å²) in [7, 11) is 0. The van der Waals surface area contributed by atoms with Gasteiger partial charge in [0, 0.05) is 35.1 Å². The Morgan fingerprint density at radius 1 is 1.09 bits per heavy atom. The highest BCUT2D eigenvalue weighted by Crippen LogP contribution is 2.33. The van der Waals surface area contributed by atoms with Gasteiger partial charge in [-0.2, -0.15) is 13.2 Å². The summed E-state index contributed by atoms with van der Waals surface area (Å²) in [5.41, 5.74) is -0.706. The summed E-state index contributed by atoms with van der Waals surface area (Å²) in [4.78, 5) is 27.1. The van der Waals surface area contributed by atoms with Crippen molar-refractivity contribution in [3.8, 4) is 0 Å². The predicted octanol–water partition coefficient (Wildman–Crippen LogP) is 5.99. The molecule has 2 atom stereocenters. The van der Waals surface area contributed by atoms with Crippen LogP contribution in [0.5, 0.6) is 0 Å². The van der Waals surface area contributed by atoms with E-state index >= 15 is 0 Å². The Morgan fingerprint density at radius 2 is 1.76 bits per heavy atom. The SMILES string of the molecule is CC(C)(C)OC(=O)N1CCC(NC(=O)c2cc(Br)cc(C(F)(F)F)c2)C(c2ccccc2)C1. The first kappa shape index (κ1) is 25.1. The smallest absolute Gasteiger partial charge is 0.416 e. The number of piperidine rings is 1. The van der Waals surface area contributed by atoms with E-state index in [1.165, 1.54) is 6.07 Å². The number of carbonyl (C=O) groups is 2. The third-order valence-electron chi connectivity index (χ3n) is 5.30. The zero-order valence-electron chi connectivity index (χ0n) is 18.6. The van der Waals surface area contributed by atoms with E-state index in [1.807, 2.05) is 30.3 Å². The number of ether oxygens (including phenoxy) is 1. The first-order valence-corrected chi connectivity index (χ1v) is 11.3. The molecule has 1 N–H and O–H groups in total. The summed E-state index contributed by atoms with van der Waals surface area (Å²) in [5, 5.41) is 2.89. The first-order valence-electron chi connectivity index (χ1n) is 10.5. The number of benzene rings is 2. The third-order valence-corrected chi connectivity index (χ3v) is 5.75. The number of alkyl halides is 3. The molecule has 0 saturated carbocycles. The molecule has 0 aliphatic carbocycles. The van der Waals surface area contributed by atoms with Gasteiger partial charge in [0.15, 0.2) is 0 Å². The normalized spacial score (nSPS) is 19.2. The van der Waals surface area contributed by atoms with Gasteiger partial charge in [-0.25, -0.2) is 4.79 Å². The number of likely N-dealkylation sites (tertiary alicyclic amines) is 1. The van der Waals surface area contributed by atoms with E-state index in [0.717, 1.165) is 17.7 Å². The van der Waals surface area contributed by atoms with E-state index in [1.54, 1.807) is 25.7 Å². The molecule has 1 saturated heterocycles. The van der Waals surface area contributed by atoms with E-state index in [4.69, 9.17) is 4.74 Å². The number of rotatable bonds is 3. The largest absolute Gasteiger partial charge is 0.444 e. The maximum atomic E-state index is 13.2. The number of nitrogens with zero attached hydrogens (tertiary/aromatic N) is 1. The van der Waals surface area contributed by atoms with Crippen LogP contribution in [-0.2, 0) is 10.9 Å². The number of halogens is 4. The monoisotopic (exact) mass is 526 g/mol. The lowest BCUT2D eigenvalue weighted by Gasteiger charge is -2.39. The van der Waals surface area contributed by atoms with Gasteiger partial charge in [0.25, 0.3) is 5.91 Å². The van der Waals surface area contributed by atoms with Crippen LogP contribution >= 0.6 is 15.9 Å². The lowest BCUT2D eigenvalue weighted by molar-refractivity contribution is -0.137. The van der Waals surface area contributed by atoms with Crippen molar-refractivity contribution < 1.29 is 27.5 Å². The molecular weight excluding hydrogens is 501 g/mol. The molecule has 0 bridgehead atoms. The molecule has 178 valence electrons. The summed E-state index contributed by atoms with van der Waals surface area (Å²) in [6.45, 7) is 6.05. The molecule has 2 aromatic carbocycles. The molecule has 2 amide bonds. The molecule has 1 heterocycles. The van der Waals surface area contributed by atoms with Crippen molar-refractivity contribution in [3.05, 3.63) is 69.7 Å². The molecule has 1 aliphatic heterocycles. The van der Waals surface area contributed by atoms with E-state index in [-0.39, 0.29) is 22.0 Å². The summed E-state index contributed by atoms with van der Waals surface area (Å²) < 4.78 is 45.2. The van der Waals surface area contributed by atoms with E-state index in [9.17, 15) is 22.8 Å². The third kappa shape index (κ3) is 6.72. The molecule has 2 aromatic rings. The molecule has 0 spiro atoms. The Hall–Kier alpha value is -2.55. The van der Waals surface area contributed by atoms with Crippen LogP contribution in [0.4, 0.5) is 18.0 Å². The van der Waals surface area contributed by atoms with Crippen molar-refractivity contribution >= 4 is 27.9 Å². The van der Waals surface area contributed by atoms with Gasteiger partial charge in [-0.1, -0.05) is 46.3 Å². The molecule has 3 rings (SSSR count). The summed E-state index contributed by atoms with van der Waals surface area (Å²) in [6, 6.07) is 12.2. The highest BCUT2D eigenvalue weighted by molar-refractivity contribution is 9.10. The Kier molecular flexibility index (Phi) is 7.41. The minimum absolute atomic E-state index is 0.0851. The summed E-state index contributed by atoms with van der Waals surface area (Å²) >= 11 is 3.06. The topological polar surface area (TPSA) is 58.6 Å². The quantitative estimate of drug-likeness (QED) is 0.534. The molecule has 5 nitrogen and oxygen atoms in total. The molecule has 9 heteroatoms. The second-order valence-electron chi connectivity index (χ2n) is 9.04. The molecule has 0 radical (unpaired) electrons. The van der Waals surface area contributed by atoms with Crippen LogP contribution in [0.15, 0.2) is 53.0 Å². The molecular formula is C24H26BrF3N2O3.